The van der Waals surface area contributed by atoms with Crippen molar-refractivity contribution in [2.45, 2.75) is 393 Å². The smallest absolute Gasteiger partial charge is 0.462 e. The van der Waals surface area contributed by atoms with Gasteiger partial charge in [0.05, 0.1) is 26.4 Å². The molecular formula is C79H146O17P2. The standard InChI is InChI=1S/C79H146O17P2/c1-5-9-13-17-21-25-29-32-35-36-39-41-45-48-52-56-60-64-77(82)90-70-75(96-79(84)66-62-58-54-50-46-42-38-34-31-27-23-19-15-11-7-3)72-94-98(87,88)92-68-73(80)67-91-97(85,86)93-71-74(95-78(83)65-61-57-53-49-43-28-24-20-16-12-8-4)69-89-76(81)63-59-55-51-47-44-40-37-33-30-26-22-18-14-10-6-2/h9,13,21,25,32-33,35,37,73-75,80H,5-8,10-12,14-20,22-24,26-31,34,36,38-72H2,1-4H3,(H,85,86)(H,87,88)/b13-9-,25-21-,35-32-,37-33-. The number of rotatable bonds is 76. The molecule has 0 fully saturated rings. The molecule has 0 rings (SSSR count). The first-order valence-electron chi connectivity index (χ1n) is 39.9. The summed E-state index contributed by atoms with van der Waals surface area (Å²) in [6.45, 7) is 4.82. The van der Waals surface area contributed by atoms with Crippen molar-refractivity contribution in [2.75, 3.05) is 39.6 Å². The Balaban J connectivity index is 5.29. The number of allylic oxidation sites excluding steroid dienone is 8. The van der Waals surface area contributed by atoms with Gasteiger partial charge in [0.2, 0.25) is 0 Å². The minimum Gasteiger partial charge on any atom is -0.462 e. The number of aliphatic hydroxyl groups excluding tert-OH is 1. The molecule has 0 saturated carbocycles. The van der Waals surface area contributed by atoms with Gasteiger partial charge < -0.3 is 33.8 Å². The van der Waals surface area contributed by atoms with Crippen LogP contribution < -0.4 is 0 Å². The fourth-order valence-corrected chi connectivity index (χ4v) is 12.8. The van der Waals surface area contributed by atoms with E-state index in [0.717, 1.165) is 154 Å². The number of phosphoric ester groups is 2. The molecule has 5 unspecified atom stereocenters. The van der Waals surface area contributed by atoms with Crippen LogP contribution in [0.3, 0.4) is 0 Å². The van der Waals surface area contributed by atoms with Crippen LogP contribution in [0, 0.1) is 0 Å². The van der Waals surface area contributed by atoms with E-state index in [1.807, 2.05) is 0 Å². The predicted octanol–water partition coefficient (Wildman–Crippen LogP) is 22.9. The van der Waals surface area contributed by atoms with Crippen molar-refractivity contribution in [1.82, 2.24) is 0 Å². The van der Waals surface area contributed by atoms with E-state index in [4.69, 9.17) is 37.0 Å². The molecule has 0 heterocycles. The molecule has 0 saturated heterocycles. The van der Waals surface area contributed by atoms with E-state index in [0.29, 0.717) is 25.7 Å². The molecule has 0 aliphatic carbocycles. The quantitative estimate of drug-likeness (QED) is 0.0169. The van der Waals surface area contributed by atoms with E-state index in [1.165, 1.54) is 141 Å². The minimum absolute atomic E-state index is 0.101. The maximum atomic E-state index is 13.1. The number of carbonyl (C=O) groups is 4. The SMILES string of the molecule is CC/C=C\C/C=C\C/C=C\CCCCCCCCCC(=O)OCC(COP(=O)(O)OCC(O)COP(=O)(O)OCC(COC(=O)CCCCCCC/C=C\CCCCCCCC)OC(=O)CCCCCCCCCCCCC)OC(=O)CCCCCCCCCCCCCCCCC. The zero-order valence-corrected chi connectivity index (χ0v) is 64.5. The summed E-state index contributed by atoms with van der Waals surface area (Å²) in [5.74, 6) is -2.15. The summed E-state index contributed by atoms with van der Waals surface area (Å²) in [5.41, 5.74) is 0. The normalized spacial score (nSPS) is 14.2. The Morgan fingerprint density at radius 1 is 0.296 bits per heavy atom. The van der Waals surface area contributed by atoms with Crippen molar-refractivity contribution in [3.8, 4) is 0 Å². The summed E-state index contributed by atoms with van der Waals surface area (Å²) < 4.78 is 68.6. The molecule has 0 aliphatic rings. The van der Waals surface area contributed by atoms with Crippen LogP contribution in [0.4, 0.5) is 0 Å². The van der Waals surface area contributed by atoms with Crippen molar-refractivity contribution in [2.24, 2.45) is 0 Å². The first-order chi connectivity index (χ1) is 47.7. The lowest BCUT2D eigenvalue weighted by molar-refractivity contribution is -0.161. The maximum absolute atomic E-state index is 13.1. The molecule has 17 nitrogen and oxygen atoms in total. The third-order valence-electron chi connectivity index (χ3n) is 17.3. The van der Waals surface area contributed by atoms with Gasteiger partial charge in [0.25, 0.3) is 0 Å². The van der Waals surface area contributed by atoms with Gasteiger partial charge in [-0.15, -0.1) is 0 Å². The van der Waals surface area contributed by atoms with Gasteiger partial charge in [0, 0.05) is 25.7 Å². The number of ether oxygens (including phenoxy) is 4. The van der Waals surface area contributed by atoms with E-state index >= 15 is 0 Å². The maximum Gasteiger partial charge on any atom is 0.472 e. The second-order valence-corrected chi connectivity index (χ2v) is 29.9. The highest BCUT2D eigenvalue weighted by Gasteiger charge is 2.30. The van der Waals surface area contributed by atoms with Gasteiger partial charge in [0.15, 0.2) is 12.2 Å². The summed E-state index contributed by atoms with van der Waals surface area (Å²) in [7, 11) is -9.93. The second-order valence-electron chi connectivity index (χ2n) is 27.0. The van der Waals surface area contributed by atoms with Gasteiger partial charge >= 0.3 is 39.5 Å². The van der Waals surface area contributed by atoms with E-state index in [-0.39, 0.29) is 25.7 Å². The number of hydrogen-bond donors (Lipinski definition) is 3. The topological polar surface area (TPSA) is 237 Å². The van der Waals surface area contributed by atoms with Crippen LogP contribution in [0.5, 0.6) is 0 Å². The molecule has 3 N–H and O–H groups in total. The van der Waals surface area contributed by atoms with Crippen LogP contribution >= 0.6 is 15.6 Å². The van der Waals surface area contributed by atoms with E-state index < -0.39 is 97.5 Å². The zero-order valence-electron chi connectivity index (χ0n) is 62.7. The molecule has 98 heavy (non-hydrogen) atoms. The molecular weight excluding hydrogens is 1280 g/mol. The van der Waals surface area contributed by atoms with Gasteiger partial charge in [-0.1, -0.05) is 314 Å². The van der Waals surface area contributed by atoms with Crippen molar-refractivity contribution in [3.05, 3.63) is 48.6 Å². The summed E-state index contributed by atoms with van der Waals surface area (Å²) in [4.78, 5) is 72.9. The number of esters is 4. The Morgan fingerprint density at radius 2 is 0.531 bits per heavy atom. The lowest BCUT2D eigenvalue weighted by atomic mass is 10.0. The second kappa shape index (κ2) is 72.4. The molecule has 0 aromatic heterocycles. The predicted molar refractivity (Wildman–Crippen MR) is 400 cm³/mol. The molecule has 0 aromatic rings. The lowest BCUT2D eigenvalue weighted by Gasteiger charge is -2.21. The first kappa shape index (κ1) is 95.0. The Kier molecular flexibility index (Phi) is 70.2. The largest absolute Gasteiger partial charge is 0.472 e. The Labute approximate surface area is 597 Å². The molecule has 574 valence electrons. The highest BCUT2D eigenvalue weighted by Crippen LogP contribution is 2.45. The third-order valence-corrected chi connectivity index (χ3v) is 19.2. The summed E-state index contributed by atoms with van der Waals surface area (Å²) in [6.07, 6.45) is 69.5. The lowest BCUT2D eigenvalue weighted by Crippen LogP contribution is -2.30. The Hall–Kier alpha value is -2.98. The average molecular weight is 1430 g/mol. The average Bonchev–Trinajstić information content (AvgIpc) is 0.986. The van der Waals surface area contributed by atoms with E-state index in [1.54, 1.807) is 0 Å². The molecule has 0 aromatic carbocycles. The molecule has 0 spiro atoms. The van der Waals surface area contributed by atoms with Gasteiger partial charge in [0.1, 0.15) is 19.3 Å². The van der Waals surface area contributed by atoms with Crippen LogP contribution in [0.25, 0.3) is 0 Å². The first-order valence-corrected chi connectivity index (χ1v) is 42.9. The van der Waals surface area contributed by atoms with E-state index in [2.05, 4.69) is 76.3 Å². The molecule has 0 aliphatic heterocycles. The van der Waals surface area contributed by atoms with Gasteiger partial charge in [-0.3, -0.25) is 37.3 Å². The highest BCUT2D eigenvalue weighted by atomic mass is 31.2. The van der Waals surface area contributed by atoms with Gasteiger partial charge in [-0.05, 0) is 83.5 Å². The van der Waals surface area contributed by atoms with Crippen molar-refractivity contribution in [1.29, 1.82) is 0 Å². The number of unbranched alkanes of at least 4 members (excludes halogenated alkanes) is 42. The molecule has 0 amide bonds. The summed E-state index contributed by atoms with van der Waals surface area (Å²) in [6, 6.07) is 0. The van der Waals surface area contributed by atoms with Gasteiger partial charge in [-0.25, -0.2) is 9.13 Å². The number of phosphoric acid groups is 2. The van der Waals surface area contributed by atoms with Crippen molar-refractivity contribution < 1.29 is 80.2 Å². The van der Waals surface area contributed by atoms with Crippen LogP contribution in [0.1, 0.15) is 374 Å². The molecule has 0 bridgehead atoms. The summed E-state index contributed by atoms with van der Waals surface area (Å²) in [5, 5.41) is 10.6. The van der Waals surface area contributed by atoms with Gasteiger partial charge in [-0.2, -0.15) is 0 Å². The monoisotopic (exact) mass is 1430 g/mol. The van der Waals surface area contributed by atoms with Crippen LogP contribution in [-0.2, 0) is 65.4 Å². The fourth-order valence-electron chi connectivity index (χ4n) is 11.2. The summed E-state index contributed by atoms with van der Waals surface area (Å²) >= 11 is 0. The highest BCUT2D eigenvalue weighted by molar-refractivity contribution is 7.47. The Bertz CT molecular complexity index is 2050. The van der Waals surface area contributed by atoms with Crippen molar-refractivity contribution >= 4 is 39.5 Å². The number of hydrogen-bond acceptors (Lipinski definition) is 15. The molecule has 0 radical (unpaired) electrons. The molecule has 19 heteroatoms. The zero-order chi connectivity index (χ0) is 71.8. The van der Waals surface area contributed by atoms with Crippen LogP contribution in [-0.4, -0.2) is 96.7 Å². The minimum atomic E-state index is -4.97. The van der Waals surface area contributed by atoms with Crippen molar-refractivity contribution in [3.63, 3.8) is 0 Å². The number of carbonyl (C=O) groups excluding carboxylic acids is 4. The fraction of sp³-hybridized carbons (Fsp3) is 0.848. The van der Waals surface area contributed by atoms with Crippen LogP contribution in [0.15, 0.2) is 48.6 Å². The van der Waals surface area contributed by atoms with E-state index in [9.17, 15) is 43.2 Å². The number of aliphatic hydroxyl groups is 1. The van der Waals surface area contributed by atoms with Crippen LogP contribution in [0.2, 0.25) is 0 Å². The molecule has 5 atom stereocenters. The Morgan fingerprint density at radius 3 is 0.827 bits per heavy atom. The third kappa shape index (κ3) is 71.4.